The Morgan fingerprint density at radius 1 is 1.36 bits per heavy atom. The second-order valence-corrected chi connectivity index (χ2v) is 5.60. The van der Waals surface area contributed by atoms with Gasteiger partial charge in [0.2, 0.25) is 0 Å². The van der Waals surface area contributed by atoms with Crippen molar-refractivity contribution in [3.8, 4) is 0 Å². The Kier molecular flexibility index (Phi) is 6.70. The second-order valence-electron chi connectivity index (χ2n) is 4.25. The first-order chi connectivity index (χ1) is 6.88. The van der Waals surface area contributed by atoms with Crippen molar-refractivity contribution in [2.75, 3.05) is 12.3 Å². The molecule has 0 bridgehead atoms. The molecule has 0 aromatic rings. The van der Waals surface area contributed by atoms with E-state index in [4.69, 9.17) is 0 Å². The highest BCUT2D eigenvalue weighted by molar-refractivity contribution is 8.00. The lowest BCUT2D eigenvalue weighted by atomic mass is 10.0. The first-order valence-electron chi connectivity index (χ1n) is 6.23. The lowest BCUT2D eigenvalue weighted by molar-refractivity contribution is 0.444. The maximum Gasteiger partial charge on any atom is 0.0201 e. The van der Waals surface area contributed by atoms with Gasteiger partial charge in [-0.15, -0.1) is 0 Å². The lowest BCUT2D eigenvalue weighted by Gasteiger charge is -2.24. The van der Waals surface area contributed by atoms with Gasteiger partial charge in [0.25, 0.3) is 0 Å². The molecule has 1 aliphatic heterocycles. The summed E-state index contributed by atoms with van der Waals surface area (Å²) in [6.07, 6.45) is 8.25. The first-order valence-corrected chi connectivity index (χ1v) is 7.28. The fraction of sp³-hybridized carbons (Fsp3) is 1.00. The van der Waals surface area contributed by atoms with Gasteiger partial charge in [0.05, 0.1) is 0 Å². The lowest BCUT2D eigenvalue weighted by Crippen LogP contribution is -2.37. The zero-order valence-corrected chi connectivity index (χ0v) is 10.5. The molecule has 1 heterocycles. The highest BCUT2D eigenvalue weighted by Gasteiger charge is 2.24. The summed E-state index contributed by atoms with van der Waals surface area (Å²) in [6, 6.07) is 0.794. The van der Waals surface area contributed by atoms with E-state index in [1.807, 2.05) is 0 Å². The van der Waals surface area contributed by atoms with Gasteiger partial charge in [0, 0.05) is 11.3 Å². The predicted molar refractivity (Wildman–Crippen MR) is 67.1 cm³/mol. The van der Waals surface area contributed by atoms with Crippen LogP contribution >= 0.6 is 11.8 Å². The topological polar surface area (TPSA) is 12.0 Å². The van der Waals surface area contributed by atoms with Gasteiger partial charge in [-0.3, -0.25) is 0 Å². The molecule has 0 saturated carbocycles. The van der Waals surface area contributed by atoms with Crippen LogP contribution in [0.2, 0.25) is 0 Å². The summed E-state index contributed by atoms with van der Waals surface area (Å²) in [5, 5.41) is 4.64. The highest BCUT2D eigenvalue weighted by Crippen LogP contribution is 2.30. The van der Waals surface area contributed by atoms with Crippen molar-refractivity contribution in [1.82, 2.24) is 5.32 Å². The number of hydrogen-bond acceptors (Lipinski definition) is 2. The Balaban J connectivity index is 2.26. The maximum atomic E-state index is 3.73. The Labute approximate surface area is 93.4 Å². The zero-order chi connectivity index (χ0) is 10.2. The molecule has 1 N–H and O–H groups in total. The average molecular weight is 215 g/mol. The van der Waals surface area contributed by atoms with Gasteiger partial charge in [-0.05, 0) is 38.0 Å². The Hall–Kier alpha value is 0.310. The number of nitrogens with one attached hydrogen (secondary N) is 1. The van der Waals surface area contributed by atoms with Gasteiger partial charge >= 0.3 is 0 Å². The van der Waals surface area contributed by atoms with Crippen molar-refractivity contribution in [2.24, 2.45) is 0 Å². The third-order valence-electron chi connectivity index (χ3n) is 2.94. The van der Waals surface area contributed by atoms with Crippen LogP contribution in [0.15, 0.2) is 0 Å². The van der Waals surface area contributed by atoms with Crippen LogP contribution in [0.4, 0.5) is 0 Å². The second kappa shape index (κ2) is 7.58. The average Bonchev–Trinajstić information content (AvgIpc) is 2.71. The fourth-order valence-corrected chi connectivity index (χ4v) is 3.53. The summed E-state index contributed by atoms with van der Waals surface area (Å²) in [4.78, 5) is 0. The Morgan fingerprint density at radius 3 is 2.79 bits per heavy atom. The predicted octanol–water partition coefficient (Wildman–Crippen LogP) is 3.44. The molecule has 14 heavy (non-hydrogen) atoms. The number of hydrogen-bond donors (Lipinski definition) is 1. The molecule has 1 nitrogen and oxygen atoms in total. The zero-order valence-electron chi connectivity index (χ0n) is 9.72. The number of thioether (sulfide) groups is 1. The van der Waals surface area contributed by atoms with Crippen LogP contribution in [0.5, 0.6) is 0 Å². The van der Waals surface area contributed by atoms with Crippen molar-refractivity contribution in [2.45, 2.75) is 63.7 Å². The van der Waals surface area contributed by atoms with Crippen molar-refractivity contribution in [3.05, 3.63) is 0 Å². The summed E-state index contributed by atoms with van der Waals surface area (Å²) in [5.41, 5.74) is 0. The molecule has 2 atom stereocenters. The molecule has 1 aliphatic rings. The SMILES string of the molecule is CCCCC(NCCC)C1CCCS1. The summed E-state index contributed by atoms with van der Waals surface area (Å²) < 4.78 is 0. The Bertz CT molecular complexity index is 124. The van der Waals surface area contributed by atoms with Crippen LogP contribution in [-0.2, 0) is 0 Å². The van der Waals surface area contributed by atoms with Crippen molar-refractivity contribution >= 4 is 11.8 Å². The van der Waals surface area contributed by atoms with E-state index in [9.17, 15) is 0 Å². The summed E-state index contributed by atoms with van der Waals surface area (Å²) >= 11 is 2.19. The smallest absolute Gasteiger partial charge is 0.0201 e. The first kappa shape index (κ1) is 12.4. The van der Waals surface area contributed by atoms with E-state index in [2.05, 4.69) is 30.9 Å². The standard InChI is InChI=1S/C12H25NS/c1-3-5-7-11(13-9-4-2)12-8-6-10-14-12/h11-13H,3-10H2,1-2H3. The molecule has 2 unspecified atom stereocenters. The van der Waals surface area contributed by atoms with Crippen LogP contribution in [0.1, 0.15) is 52.4 Å². The monoisotopic (exact) mass is 215 g/mol. The van der Waals surface area contributed by atoms with Crippen molar-refractivity contribution in [3.63, 3.8) is 0 Å². The molecule has 1 rings (SSSR count). The third-order valence-corrected chi connectivity index (χ3v) is 4.46. The van der Waals surface area contributed by atoms with Gasteiger partial charge < -0.3 is 5.32 Å². The number of rotatable bonds is 7. The Morgan fingerprint density at radius 2 is 2.21 bits per heavy atom. The highest BCUT2D eigenvalue weighted by atomic mass is 32.2. The van der Waals surface area contributed by atoms with Crippen molar-refractivity contribution < 1.29 is 0 Å². The van der Waals surface area contributed by atoms with Crippen LogP contribution in [0.25, 0.3) is 0 Å². The summed E-state index contributed by atoms with van der Waals surface area (Å²) in [5.74, 6) is 1.39. The van der Waals surface area contributed by atoms with E-state index in [0.717, 1.165) is 11.3 Å². The maximum absolute atomic E-state index is 3.73. The van der Waals surface area contributed by atoms with Gasteiger partial charge in [-0.2, -0.15) is 11.8 Å². The van der Waals surface area contributed by atoms with Gasteiger partial charge in [-0.1, -0.05) is 26.7 Å². The van der Waals surface area contributed by atoms with E-state index in [0.29, 0.717) is 0 Å². The summed E-state index contributed by atoms with van der Waals surface area (Å²) in [7, 11) is 0. The molecule has 2 heteroatoms. The molecule has 0 aliphatic carbocycles. The minimum Gasteiger partial charge on any atom is -0.313 e. The molecular weight excluding hydrogens is 190 g/mol. The molecule has 0 aromatic carbocycles. The van der Waals surface area contributed by atoms with Crippen LogP contribution in [0, 0.1) is 0 Å². The van der Waals surface area contributed by atoms with E-state index in [-0.39, 0.29) is 0 Å². The van der Waals surface area contributed by atoms with Crippen LogP contribution in [0.3, 0.4) is 0 Å². The normalized spacial score (nSPS) is 24.0. The van der Waals surface area contributed by atoms with Gasteiger partial charge in [-0.25, -0.2) is 0 Å². The number of unbranched alkanes of at least 4 members (excludes halogenated alkanes) is 1. The van der Waals surface area contributed by atoms with E-state index in [1.54, 1.807) is 0 Å². The van der Waals surface area contributed by atoms with Crippen LogP contribution < -0.4 is 5.32 Å². The van der Waals surface area contributed by atoms with Gasteiger partial charge in [0.1, 0.15) is 0 Å². The molecule has 1 saturated heterocycles. The molecule has 0 spiro atoms. The van der Waals surface area contributed by atoms with E-state index < -0.39 is 0 Å². The molecule has 84 valence electrons. The largest absolute Gasteiger partial charge is 0.313 e. The molecular formula is C12H25NS. The molecule has 1 fully saturated rings. The molecule has 0 radical (unpaired) electrons. The minimum absolute atomic E-state index is 0.794. The quantitative estimate of drug-likeness (QED) is 0.698. The van der Waals surface area contributed by atoms with Crippen molar-refractivity contribution in [1.29, 1.82) is 0 Å². The van der Waals surface area contributed by atoms with Gasteiger partial charge in [0.15, 0.2) is 0 Å². The van der Waals surface area contributed by atoms with Crippen LogP contribution in [-0.4, -0.2) is 23.6 Å². The van der Waals surface area contributed by atoms with E-state index >= 15 is 0 Å². The third kappa shape index (κ3) is 4.22. The minimum atomic E-state index is 0.794. The fourth-order valence-electron chi connectivity index (χ4n) is 2.09. The summed E-state index contributed by atoms with van der Waals surface area (Å²) in [6.45, 7) is 5.75. The van der Waals surface area contributed by atoms with E-state index in [1.165, 1.54) is 50.8 Å². The molecule has 0 aromatic heterocycles. The molecule has 0 amide bonds.